The second-order valence-corrected chi connectivity index (χ2v) is 8.58. The fourth-order valence-corrected chi connectivity index (χ4v) is 4.42. The standard InChI is InChI=1S/C23H23N3O5S/c1-32-16-5-2-14(3-6-16)15-4-7-18-17(12-15)23(31)26-11-10-25(13-19(26)22(30)24-18)20(27)8-9-21(28)29/h2-7,12,19H,8-11,13H2,1H3,(H,24,30)(H,28,29)/p-1/t19-/m1/s1. The van der Waals surface area contributed by atoms with Crippen molar-refractivity contribution in [1.29, 1.82) is 0 Å². The number of hydrogen-bond acceptors (Lipinski definition) is 6. The lowest BCUT2D eigenvalue weighted by molar-refractivity contribution is -0.305. The zero-order valence-corrected chi connectivity index (χ0v) is 18.3. The predicted octanol–water partition coefficient (Wildman–Crippen LogP) is 1.21. The lowest BCUT2D eigenvalue weighted by Gasteiger charge is -2.39. The number of nitrogens with zero attached hydrogens (tertiary/aromatic N) is 2. The van der Waals surface area contributed by atoms with E-state index in [9.17, 15) is 24.3 Å². The number of anilines is 1. The summed E-state index contributed by atoms with van der Waals surface area (Å²) in [4.78, 5) is 53.2. The van der Waals surface area contributed by atoms with Gasteiger partial charge in [0.1, 0.15) is 6.04 Å². The fourth-order valence-electron chi connectivity index (χ4n) is 4.01. The minimum absolute atomic E-state index is 0.0282. The Morgan fingerprint density at radius 3 is 2.47 bits per heavy atom. The molecule has 2 aromatic carbocycles. The first kappa shape index (κ1) is 21.9. The first-order valence-electron chi connectivity index (χ1n) is 10.3. The van der Waals surface area contributed by atoms with E-state index in [1.54, 1.807) is 23.9 Å². The van der Waals surface area contributed by atoms with Crippen molar-refractivity contribution < 1.29 is 24.3 Å². The molecule has 0 spiro atoms. The van der Waals surface area contributed by atoms with Crippen LogP contribution < -0.4 is 10.4 Å². The van der Waals surface area contributed by atoms with Crippen LogP contribution in [-0.4, -0.2) is 65.4 Å². The third kappa shape index (κ3) is 4.34. The number of aliphatic carboxylic acids is 1. The second-order valence-electron chi connectivity index (χ2n) is 7.70. The van der Waals surface area contributed by atoms with Gasteiger partial charge in [-0.15, -0.1) is 11.8 Å². The summed E-state index contributed by atoms with van der Waals surface area (Å²) in [6, 6.07) is 12.6. The van der Waals surface area contributed by atoms with Gasteiger partial charge in [0.15, 0.2) is 0 Å². The molecule has 2 aromatic rings. The van der Waals surface area contributed by atoms with E-state index in [1.165, 1.54) is 9.80 Å². The van der Waals surface area contributed by atoms with Crippen LogP contribution in [0.25, 0.3) is 11.1 Å². The number of nitrogens with one attached hydrogen (secondary N) is 1. The summed E-state index contributed by atoms with van der Waals surface area (Å²) in [7, 11) is 0. The highest BCUT2D eigenvalue weighted by Gasteiger charge is 2.40. The van der Waals surface area contributed by atoms with Crippen LogP contribution in [-0.2, 0) is 14.4 Å². The third-order valence-electron chi connectivity index (χ3n) is 5.77. The summed E-state index contributed by atoms with van der Waals surface area (Å²) < 4.78 is 0. The molecule has 0 unspecified atom stereocenters. The molecule has 0 bridgehead atoms. The number of amides is 3. The average Bonchev–Trinajstić information content (AvgIpc) is 2.91. The normalized spacial score (nSPS) is 17.8. The van der Waals surface area contributed by atoms with Crippen molar-refractivity contribution in [2.24, 2.45) is 0 Å². The van der Waals surface area contributed by atoms with Crippen LogP contribution in [0.1, 0.15) is 23.2 Å². The maximum Gasteiger partial charge on any atom is 0.256 e. The zero-order chi connectivity index (χ0) is 22.8. The molecule has 1 atom stereocenters. The van der Waals surface area contributed by atoms with Gasteiger partial charge in [-0.25, -0.2) is 0 Å². The molecule has 0 aromatic heterocycles. The molecule has 0 aliphatic carbocycles. The average molecular weight is 453 g/mol. The fraction of sp³-hybridized carbons (Fsp3) is 0.304. The molecule has 9 heteroatoms. The van der Waals surface area contributed by atoms with Crippen molar-refractivity contribution in [3.63, 3.8) is 0 Å². The Kier molecular flexibility index (Phi) is 6.18. The molecule has 3 amide bonds. The first-order chi connectivity index (χ1) is 15.4. The van der Waals surface area contributed by atoms with Crippen LogP contribution in [0.4, 0.5) is 5.69 Å². The number of piperazine rings is 1. The summed E-state index contributed by atoms with van der Waals surface area (Å²) in [5.74, 6) is -2.31. The summed E-state index contributed by atoms with van der Waals surface area (Å²) in [6.07, 6.45) is 1.44. The van der Waals surface area contributed by atoms with Gasteiger partial charge in [-0.05, 0) is 48.1 Å². The van der Waals surface area contributed by atoms with E-state index in [0.717, 1.165) is 16.0 Å². The van der Waals surface area contributed by atoms with E-state index in [0.29, 0.717) is 11.3 Å². The van der Waals surface area contributed by atoms with Gasteiger partial charge in [0.2, 0.25) is 11.8 Å². The maximum atomic E-state index is 13.3. The van der Waals surface area contributed by atoms with E-state index in [2.05, 4.69) is 5.32 Å². The Labute approximate surface area is 189 Å². The van der Waals surface area contributed by atoms with Gasteiger partial charge < -0.3 is 25.0 Å². The summed E-state index contributed by atoms with van der Waals surface area (Å²) in [5, 5.41) is 13.5. The molecule has 166 valence electrons. The number of hydrogen-bond donors (Lipinski definition) is 1. The summed E-state index contributed by atoms with van der Waals surface area (Å²) in [5.41, 5.74) is 2.68. The molecular formula is C23H22N3O5S-. The Hall–Kier alpha value is -3.33. The number of thioether (sulfide) groups is 1. The Bertz CT molecular complexity index is 1090. The molecule has 2 aliphatic heterocycles. The molecular weight excluding hydrogens is 430 g/mol. The van der Waals surface area contributed by atoms with E-state index in [1.807, 2.05) is 36.6 Å². The molecule has 1 fully saturated rings. The SMILES string of the molecule is CSc1ccc(-c2ccc3c(c2)C(=O)N2CCN(C(=O)CCC(=O)[O-])C[C@@H]2C(=O)N3)cc1. The summed E-state index contributed by atoms with van der Waals surface area (Å²) >= 11 is 1.65. The van der Waals surface area contributed by atoms with Crippen LogP contribution in [0.2, 0.25) is 0 Å². The summed E-state index contributed by atoms with van der Waals surface area (Å²) in [6.45, 7) is 0.465. The largest absolute Gasteiger partial charge is 0.550 e. The van der Waals surface area contributed by atoms with Gasteiger partial charge in [-0.1, -0.05) is 18.2 Å². The second kappa shape index (κ2) is 9.04. The lowest BCUT2D eigenvalue weighted by atomic mass is 10.0. The van der Waals surface area contributed by atoms with Gasteiger partial charge >= 0.3 is 0 Å². The Balaban J connectivity index is 1.57. The Morgan fingerprint density at radius 1 is 1.06 bits per heavy atom. The van der Waals surface area contributed by atoms with E-state index >= 15 is 0 Å². The van der Waals surface area contributed by atoms with Crippen molar-refractivity contribution in [3.8, 4) is 11.1 Å². The minimum Gasteiger partial charge on any atom is -0.550 e. The molecule has 0 saturated carbocycles. The number of carboxylic acid groups (broad SMARTS) is 1. The molecule has 1 N–H and O–H groups in total. The maximum absolute atomic E-state index is 13.3. The van der Waals surface area contributed by atoms with E-state index in [-0.39, 0.29) is 50.2 Å². The van der Waals surface area contributed by atoms with Gasteiger partial charge in [-0.2, -0.15) is 0 Å². The highest BCUT2D eigenvalue weighted by molar-refractivity contribution is 7.98. The van der Waals surface area contributed by atoms with Gasteiger partial charge in [0, 0.05) is 30.4 Å². The van der Waals surface area contributed by atoms with Gasteiger partial charge in [0.05, 0.1) is 17.8 Å². The number of fused-ring (bicyclic) bond motifs is 2. The van der Waals surface area contributed by atoms with Crippen LogP contribution >= 0.6 is 11.8 Å². The van der Waals surface area contributed by atoms with Crippen LogP contribution in [0.5, 0.6) is 0 Å². The van der Waals surface area contributed by atoms with Crippen molar-refractivity contribution in [2.75, 3.05) is 31.2 Å². The first-order valence-corrected chi connectivity index (χ1v) is 11.5. The molecule has 32 heavy (non-hydrogen) atoms. The van der Waals surface area contributed by atoms with Crippen molar-refractivity contribution in [3.05, 3.63) is 48.0 Å². The molecule has 2 aliphatic rings. The lowest BCUT2D eigenvalue weighted by Crippen LogP contribution is -2.59. The van der Waals surface area contributed by atoms with Gasteiger partial charge in [-0.3, -0.25) is 14.4 Å². The number of carbonyl (C=O) groups excluding carboxylic acids is 4. The highest BCUT2D eigenvalue weighted by atomic mass is 32.2. The molecule has 8 nitrogen and oxygen atoms in total. The predicted molar refractivity (Wildman–Crippen MR) is 118 cm³/mol. The van der Waals surface area contributed by atoms with E-state index < -0.39 is 12.0 Å². The molecule has 2 heterocycles. The third-order valence-corrected chi connectivity index (χ3v) is 6.51. The zero-order valence-electron chi connectivity index (χ0n) is 17.5. The van der Waals surface area contributed by atoms with E-state index in [4.69, 9.17) is 0 Å². The molecule has 4 rings (SSSR count). The number of carbonyl (C=O) groups is 4. The molecule has 1 saturated heterocycles. The quantitative estimate of drug-likeness (QED) is 0.683. The van der Waals surface area contributed by atoms with Crippen LogP contribution in [0.3, 0.4) is 0 Å². The highest BCUT2D eigenvalue weighted by Crippen LogP contribution is 2.31. The smallest absolute Gasteiger partial charge is 0.256 e. The monoisotopic (exact) mass is 452 g/mol. The Morgan fingerprint density at radius 2 is 1.78 bits per heavy atom. The molecule has 0 radical (unpaired) electrons. The number of rotatable bonds is 5. The minimum atomic E-state index is -1.30. The number of benzene rings is 2. The van der Waals surface area contributed by atoms with Crippen molar-refractivity contribution >= 4 is 41.1 Å². The van der Waals surface area contributed by atoms with Crippen molar-refractivity contribution in [2.45, 2.75) is 23.8 Å². The van der Waals surface area contributed by atoms with Gasteiger partial charge in [0.25, 0.3) is 5.91 Å². The van der Waals surface area contributed by atoms with Crippen LogP contribution in [0, 0.1) is 0 Å². The topological polar surface area (TPSA) is 110 Å². The van der Waals surface area contributed by atoms with Crippen LogP contribution in [0.15, 0.2) is 47.4 Å². The van der Waals surface area contributed by atoms with Crippen molar-refractivity contribution in [1.82, 2.24) is 9.80 Å². The number of carboxylic acids is 1.